The number of benzene rings is 1. The topological polar surface area (TPSA) is 35.2 Å². The number of hydrogen-bond donors (Lipinski definition) is 1. The molecular formula is C15H25NO. The Morgan fingerprint density at radius 1 is 1.24 bits per heavy atom. The molecule has 2 N–H and O–H groups in total. The molecular weight excluding hydrogens is 210 g/mol. The molecule has 0 atom stereocenters. The number of hydrogen-bond acceptors (Lipinski definition) is 2. The molecule has 1 aromatic rings. The molecule has 1 aromatic carbocycles. The van der Waals surface area contributed by atoms with Gasteiger partial charge in [-0.15, -0.1) is 0 Å². The van der Waals surface area contributed by atoms with Crippen molar-refractivity contribution in [3.05, 3.63) is 28.8 Å². The lowest BCUT2D eigenvalue weighted by Crippen LogP contribution is -2.15. The van der Waals surface area contributed by atoms with Crippen molar-refractivity contribution in [2.75, 3.05) is 13.2 Å². The van der Waals surface area contributed by atoms with Gasteiger partial charge in [0.25, 0.3) is 0 Å². The summed E-state index contributed by atoms with van der Waals surface area (Å²) in [5.74, 6) is 1.04. The molecule has 0 aliphatic rings. The molecule has 0 spiro atoms. The van der Waals surface area contributed by atoms with Crippen LogP contribution < -0.4 is 10.5 Å². The quantitative estimate of drug-likeness (QED) is 0.870. The molecule has 0 bridgehead atoms. The molecule has 0 radical (unpaired) electrons. The molecule has 96 valence electrons. The maximum absolute atomic E-state index is 5.80. The Balaban J connectivity index is 3.29. The third kappa shape index (κ3) is 3.47. The van der Waals surface area contributed by atoms with Crippen molar-refractivity contribution in [2.45, 2.75) is 46.5 Å². The maximum Gasteiger partial charge on any atom is 0.125 e. The predicted octanol–water partition coefficient (Wildman–Crippen LogP) is 3.19. The van der Waals surface area contributed by atoms with E-state index in [0.29, 0.717) is 13.2 Å². The van der Waals surface area contributed by atoms with E-state index in [-0.39, 0.29) is 5.41 Å². The van der Waals surface area contributed by atoms with Crippen molar-refractivity contribution in [2.24, 2.45) is 5.73 Å². The lowest BCUT2D eigenvalue weighted by atomic mass is 9.84. The van der Waals surface area contributed by atoms with Crippen molar-refractivity contribution in [1.29, 1.82) is 0 Å². The average molecular weight is 235 g/mol. The van der Waals surface area contributed by atoms with Crippen molar-refractivity contribution in [3.63, 3.8) is 0 Å². The summed E-state index contributed by atoms with van der Waals surface area (Å²) in [5, 5.41) is 0. The first-order chi connectivity index (χ1) is 7.90. The Hall–Kier alpha value is -1.02. The van der Waals surface area contributed by atoms with Crippen LogP contribution in [0.25, 0.3) is 0 Å². The second-order valence-electron chi connectivity index (χ2n) is 5.51. The molecule has 0 heterocycles. The van der Waals surface area contributed by atoms with Gasteiger partial charge in [-0.2, -0.15) is 0 Å². The van der Waals surface area contributed by atoms with Gasteiger partial charge in [0.1, 0.15) is 5.75 Å². The highest BCUT2D eigenvalue weighted by atomic mass is 16.5. The maximum atomic E-state index is 5.80. The van der Waals surface area contributed by atoms with Gasteiger partial charge in [0.2, 0.25) is 0 Å². The van der Waals surface area contributed by atoms with Crippen molar-refractivity contribution < 1.29 is 4.74 Å². The monoisotopic (exact) mass is 235 g/mol. The van der Waals surface area contributed by atoms with Crippen LogP contribution in [0, 0.1) is 6.92 Å². The van der Waals surface area contributed by atoms with E-state index in [0.717, 1.165) is 12.2 Å². The zero-order valence-corrected chi connectivity index (χ0v) is 11.8. The Kier molecular flexibility index (Phi) is 4.58. The minimum absolute atomic E-state index is 0.0971. The predicted molar refractivity (Wildman–Crippen MR) is 73.8 cm³/mol. The van der Waals surface area contributed by atoms with Crippen LogP contribution in [0.15, 0.2) is 12.1 Å². The molecule has 17 heavy (non-hydrogen) atoms. The number of ether oxygens (including phenoxy) is 1. The molecule has 0 aromatic heterocycles. The van der Waals surface area contributed by atoms with Crippen LogP contribution in [-0.2, 0) is 11.8 Å². The number of aryl methyl sites for hydroxylation is 1. The average Bonchev–Trinajstić information content (AvgIpc) is 2.20. The highest BCUT2D eigenvalue weighted by molar-refractivity contribution is 5.47. The number of nitrogens with two attached hydrogens (primary N) is 1. The first kappa shape index (κ1) is 14.0. The summed E-state index contributed by atoms with van der Waals surface area (Å²) in [5.41, 5.74) is 9.53. The van der Waals surface area contributed by atoms with E-state index in [4.69, 9.17) is 10.5 Å². The van der Waals surface area contributed by atoms with Crippen LogP contribution in [0.1, 0.15) is 44.4 Å². The van der Waals surface area contributed by atoms with E-state index < -0.39 is 0 Å². The van der Waals surface area contributed by atoms with Crippen LogP contribution in [0.4, 0.5) is 0 Å². The van der Waals surface area contributed by atoms with Gasteiger partial charge in [0, 0.05) is 5.56 Å². The zero-order chi connectivity index (χ0) is 13.1. The van der Waals surface area contributed by atoms with Gasteiger partial charge in [-0.25, -0.2) is 0 Å². The summed E-state index contributed by atoms with van der Waals surface area (Å²) in [7, 11) is 0. The molecule has 0 unspecified atom stereocenters. The third-order valence-electron chi connectivity index (χ3n) is 2.86. The molecule has 0 saturated carbocycles. The van der Waals surface area contributed by atoms with Crippen LogP contribution >= 0.6 is 0 Å². The third-order valence-corrected chi connectivity index (χ3v) is 2.86. The molecule has 0 saturated heterocycles. The SMILES string of the molecule is CCOc1c(C)cc(CCN)cc1C(C)(C)C. The largest absolute Gasteiger partial charge is 0.493 e. The second-order valence-corrected chi connectivity index (χ2v) is 5.51. The minimum Gasteiger partial charge on any atom is -0.493 e. The first-order valence-electron chi connectivity index (χ1n) is 6.37. The van der Waals surface area contributed by atoms with Crippen molar-refractivity contribution >= 4 is 0 Å². The van der Waals surface area contributed by atoms with E-state index in [1.165, 1.54) is 16.7 Å². The van der Waals surface area contributed by atoms with E-state index in [1.807, 2.05) is 6.92 Å². The van der Waals surface area contributed by atoms with Crippen molar-refractivity contribution in [1.82, 2.24) is 0 Å². The summed E-state index contributed by atoms with van der Waals surface area (Å²) >= 11 is 0. The number of rotatable bonds is 4. The van der Waals surface area contributed by atoms with Gasteiger partial charge in [-0.05, 0) is 43.4 Å². The van der Waals surface area contributed by atoms with Crippen LogP contribution in [0.3, 0.4) is 0 Å². The van der Waals surface area contributed by atoms with E-state index >= 15 is 0 Å². The zero-order valence-electron chi connectivity index (χ0n) is 11.8. The normalized spacial score (nSPS) is 11.6. The standard InChI is InChI=1S/C15H25NO/c1-6-17-14-11(2)9-12(7-8-16)10-13(14)15(3,4)5/h9-10H,6-8,16H2,1-5H3. The van der Waals surface area contributed by atoms with E-state index in [2.05, 4.69) is 39.8 Å². The smallest absolute Gasteiger partial charge is 0.125 e. The Bertz CT molecular complexity index is 377. The molecule has 0 amide bonds. The van der Waals surface area contributed by atoms with Crippen LogP contribution in [0.2, 0.25) is 0 Å². The molecule has 0 aliphatic carbocycles. The fourth-order valence-corrected chi connectivity index (χ4v) is 2.05. The molecule has 1 rings (SSSR count). The van der Waals surface area contributed by atoms with Gasteiger partial charge < -0.3 is 10.5 Å². The Morgan fingerprint density at radius 2 is 1.88 bits per heavy atom. The first-order valence-corrected chi connectivity index (χ1v) is 6.37. The summed E-state index contributed by atoms with van der Waals surface area (Å²) in [6.07, 6.45) is 0.927. The van der Waals surface area contributed by atoms with Gasteiger partial charge in [-0.3, -0.25) is 0 Å². The summed E-state index contributed by atoms with van der Waals surface area (Å²) in [6, 6.07) is 4.43. The molecule has 2 nitrogen and oxygen atoms in total. The minimum atomic E-state index is 0.0971. The molecule has 0 fully saturated rings. The fourth-order valence-electron chi connectivity index (χ4n) is 2.05. The second kappa shape index (κ2) is 5.54. The molecule has 2 heteroatoms. The summed E-state index contributed by atoms with van der Waals surface area (Å²) < 4.78 is 5.80. The van der Waals surface area contributed by atoms with Gasteiger partial charge >= 0.3 is 0 Å². The fraction of sp³-hybridized carbons (Fsp3) is 0.600. The van der Waals surface area contributed by atoms with E-state index in [1.54, 1.807) is 0 Å². The lowest BCUT2D eigenvalue weighted by Gasteiger charge is -2.25. The van der Waals surface area contributed by atoms with E-state index in [9.17, 15) is 0 Å². The Morgan fingerprint density at radius 3 is 2.35 bits per heavy atom. The highest BCUT2D eigenvalue weighted by Crippen LogP contribution is 2.35. The summed E-state index contributed by atoms with van der Waals surface area (Å²) in [4.78, 5) is 0. The highest BCUT2D eigenvalue weighted by Gasteiger charge is 2.21. The van der Waals surface area contributed by atoms with Crippen molar-refractivity contribution in [3.8, 4) is 5.75 Å². The van der Waals surface area contributed by atoms with Gasteiger partial charge in [-0.1, -0.05) is 32.9 Å². The lowest BCUT2D eigenvalue weighted by molar-refractivity contribution is 0.327. The van der Waals surface area contributed by atoms with Gasteiger partial charge in [0.05, 0.1) is 6.61 Å². The molecule has 0 aliphatic heterocycles. The van der Waals surface area contributed by atoms with Crippen LogP contribution in [0.5, 0.6) is 5.75 Å². The van der Waals surface area contributed by atoms with Gasteiger partial charge in [0.15, 0.2) is 0 Å². The van der Waals surface area contributed by atoms with Crippen LogP contribution in [-0.4, -0.2) is 13.2 Å². The summed E-state index contributed by atoms with van der Waals surface area (Å²) in [6.45, 7) is 12.2. The Labute approximate surface area is 105 Å².